The molecule has 132 valence electrons. The third-order valence-electron chi connectivity index (χ3n) is 4.02. The molecule has 0 radical (unpaired) electrons. The standard InChI is InChI=1S/C18H22N4O2S/c1-14-7-9-20-18(21-14)25-13-17(23)22-10-4-6-16(11-22)24-12-15-5-2-3-8-19-15/h2-3,5,7-9,16H,4,6,10-13H2,1H3/t16-/m0/s1. The Hall–Kier alpha value is -1.99. The molecule has 0 unspecified atom stereocenters. The van der Waals surface area contributed by atoms with E-state index in [1.165, 1.54) is 11.8 Å². The molecule has 1 amide bonds. The monoisotopic (exact) mass is 358 g/mol. The summed E-state index contributed by atoms with van der Waals surface area (Å²) in [7, 11) is 0. The van der Waals surface area contributed by atoms with E-state index in [1.807, 2.05) is 36.1 Å². The number of carbonyl (C=O) groups excluding carboxylic acids is 1. The molecule has 2 aromatic rings. The number of hydrogen-bond donors (Lipinski definition) is 0. The smallest absolute Gasteiger partial charge is 0.233 e. The molecule has 6 nitrogen and oxygen atoms in total. The molecule has 1 saturated heterocycles. The van der Waals surface area contributed by atoms with Gasteiger partial charge in [-0.25, -0.2) is 9.97 Å². The first-order valence-electron chi connectivity index (χ1n) is 8.42. The third-order valence-corrected chi connectivity index (χ3v) is 4.87. The maximum absolute atomic E-state index is 12.5. The van der Waals surface area contributed by atoms with Gasteiger partial charge < -0.3 is 9.64 Å². The Balaban J connectivity index is 1.46. The first-order valence-corrected chi connectivity index (χ1v) is 9.41. The lowest BCUT2D eigenvalue weighted by atomic mass is 10.1. The zero-order chi connectivity index (χ0) is 17.5. The maximum atomic E-state index is 12.5. The van der Waals surface area contributed by atoms with E-state index in [4.69, 9.17) is 4.74 Å². The number of ether oxygens (including phenoxy) is 1. The maximum Gasteiger partial charge on any atom is 0.233 e. The van der Waals surface area contributed by atoms with Gasteiger partial charge in [0.25, 0.3) is 0 Å². The molecule has 0 saturated carbocycles. The molecule has 1 aliphatic heterocycles. The number of thioether (sulfide) groups is 1. The first kappa shape index (κ1) is 17.8. The number of rotatable bonds is 6. The van der Waals surface area contributed by atoms with Crippen LogP contribution >= 0.6 is 11.8 Å². The SMILES string of the molecule is Cc1ccnc(SCC(=O)N2CCC[C@H](OCc3ccccn3)C2)n1. The molecule has 0 aromatic carbocycles. The zero-order valence-corrected chi connectivity index (χ0v) is 15.1. The number of aryl methyl sites for hydroxylation is 1. The van der Waals surface area contributed by atoms with E-state index in [0.717, 1.165) is 30.8 Å². The minimum atomic E-state index is 0.0694. The molecule has 3 heterocycles. The second-order valence-electron chi connectivity index (χ2n) is 6.01. The van der Waals surface area contributed by atoms with Crippen LogP contribution in [0.15, 0.2) is 41.8 Å². The van der Waals surface area contributed by atoms with Crippen molar-refractivity contribution in [2.45, 2.75) is 37.6 Å². The summed E-state index contributed by atoms with van der Waals surface area (Å²) >= 11 is 1.38. The lowest BCUT2D eigenvalue weighted by Gasteiger charge is -2.32. The van der Waals surface area contributed by atoms with E-state index in [0.29, 0.717) is 24.1 Å². The van der Waals surface area contributed by atoms with Crippen LogP contribution in [0, 0.1) is 6.92 Å². The van der Waals surface area contributed by atoms with Crippen molar-refractivity contribution in [2.24, 2.45) is 0 Å². The van der Waals surface area contributed by atoms with Gasteiger partial charge in [-0.15, -0.1) is 0 Å². The van der Waals surface area contributed by atoms with Crippen LogP contribution in [0.25, 0.3) is 0 Å². The zero-order valence-electron chi connectivity index (χ0n) is 14.3. The Morgan fingerprint density at radius 3 is 3.04 bits per heavy atom. The van der Waals surface area contributed by atoms with Crippen LogP contribution in [-0.2, 0) is 16.1 Å². The summed E-state index contributed by atoms with van der Waals surface area (Å²) in [5.41, 5.74) is 1.82. The van der Waals surface area contributed by atoms with Crippen molar-refractivity contribution < 1.29 is 9.53 Å². The Morgan fingerprint density at radius 2 is 2.24 bits per heavy atom. The molecule has 0 spiro atoms. The topological polar surface area (TPSA) is 68.2 Å². The minimum Gasteiger partial charge on any atom is -0.370 e. The highest BCUT2D eigenvalue weighted by Gasteiger charge is 2.24. The van der Waals surface area contributed by atoms with E-state index in [9.17, 15) is 4.79 Å². The molecule has 1 fully saturated rings. The van der Waals surface area contributed by atoms with Crippen LogP contribution in [0.4, 0.5) is 0 Å². The summed E-state index contributed by atoms with van der Waals surface area (Å²) < 4.78 is 5.94. The quantitative estimate of drug-likeness (QED) is 0.584. The van der Waals surface area contributed by atoms with Crippen molar-refractivity contribution in [3.05, 3.63) is 48.0 Å². The molecule has 2 aromatic heterocycles. The molecule has 1 atom stereocenters. The molecule has 0 bridgehead atoms. The second kappa shape index (κ2) is 8.92. The molecular weight excluding hydrogens is 336 g/mol. The van der Waals surface area contributed by atoms with E-state index < -0.39 is 0 Å². The predicted octanol–water partition coefficient (Wildman–Crippen LogP) is 2.48. The van der Waals surface area contributed by atoms with Gasteiger partial charge in [0.15, 0.2) is 5.16 Å². The van der Waals surface area contributed by atoms with Crippen molar-refractivity contribution in [2.75, 3.05) is 18.8 Å². The molecule has 1 aliphatic rings. The number of nitrogens with zero attached hydrogens (tertiary/aromatic N) is 4. The van der Waals surface area contributed by atoms with Gasteiger partial charge in [-0.1, -0.05) is 17.8 Å². The average molecular weight is 358 g/mol. The molecule has 3 rings (SSSR count). The average Bonchev–Trinajstić information content (AvgIpc) is 2.65. The summed E-state index contributed by atoms with van der Waals surface area (Å²) in [6, 6.07) is 7.64. The molecular formula is C18H22N4O2S. The van der Waals surface area contributed by atoms with E-state index >= 15 is 0 Å². The van der Waals surface area contributed by atoms with Crippen molar-refractivity contribution in [3.8, 4) is 0 Å². The number of piperidine rings is 1. The molecule has 7 heteroatoms. The highest BCUT2D eigenvalue weighted by Crippen LogP contribution is 2.18. The lowest BCUT2D eigenvalue weighted by Crippen LogP contribution is -2.44. The predicted molar refractivity (Wildman–Crippen MR) is 96.1 cm³/mol. The normalized spacial score (nSPS) is 17.5. The Morgan fingerprint density at radius 1 is 1.32 bits per heavy atom. The summed E-state index contributed by atoms with van der Waals surface area (Å²) in [6.07, 6.45) is 5.49. The van der Waals surface area contributed by atoms with Gasteiger partial charge in [0.1, 0.15) is 0 Å². The van der Waals surface area contributed by atoms with Crippen molar-refractivity contribution in [1.82, 2.24) is 19.9 Å². The van der Waals surface area contributed by atoms with Gasteiger partial charge in [-0.05, 0) is 38.0 Å². The van der Waals surface area contributed by atoms with Gasteiger partial charge in [-0.3, -0.25) is 9.78 Å². The largest absolute Gasteiger partial charge is 0.370 e. The fraction of sp³-hybridized carbons (Fsp3) is 0.444. The number of hydrogen-bond acceptors (Lipinski definition) is 6. The Kier molecular flexibility index (Phi) is 6.36. The fourth-order valence-corrected chi connectivity index (χ4v) is 3.48. The number of aromatic nitrogens is 3. The van der Waals surface area contributed by atoms with E-state index in [2.05, 4.69) is 15.0 Å². The van der Waals surface area contributed by atoms with Crippen LogP contribution in [0.5, 0.6) is 0 Å². The van der Waals surface area contributed by atoms with E-state index in [-0.39, 0.29) is 12.0 Å². The van der Waals surface area contributed by atoms with Gasteiger partial charge in [-0.2, -0.15) is 0 Å². The van der Waals surface area contributed by atoms with Crippen LogP contribution < -0.4 is 0 Å². The van der Waals surface area contributed by atoms with Gasteiger partial charge in [0.05, 0.1) is 24.2 Å². The second-order valence-corrected chi connectivity index (χ2v) is 6.95. The number of likely N-dealkylation sites (tertiary alicyclic amines) is 1. The van der Waals surface area contributed by atoms with E-state index in [1.54, 1.807) is 12.4 Å². The number of pyridine rings is 1. The number of carbonyl (C=O) groups is 1. The highest BCUT2D eigenvalue weighted by atomic mass is 32.2. The van der Waals surface area contributed by atoms with Crippen LogP contribution in [0.2, 0.25) is 0 Å². The van der Waals surface area contributed by atoms with Gasteiger partial charge in [0, 0.05) is 31.2 Å². The van der Waals surface area contributed by atoms with Crippen molar-refractivity contribution in [1.29, 1.82) is 0 Å². The Bertz CT molecular complexity index is 698. The summed E-state index contributed by atoms with van der Waals surface area (Å²) in [5.74, 6) is 0.470. The number of amides is 1. The Labute approximate surface area is 152 Å². The van der Waals surface area contributed by atoms with Gasteiger partial charge in [0.2, 0.25) is 5.91 Å². The lowest BCUT2D eigenvalue weighted by molar-refractivity contribution is -0.132. The third kappa shape index (κ3) is 5.51. The van der Waals surface area contributed by atoms with Crippen LogP contribution in [0.1, 0.15) is 24.2 Å². The van der Waals surface area contributed by atoms with Crippen LogP contribution in [-0.4, -0.2) is 50.7 Å². The van der Waals surface area contributed by atoms with Crippen molar-refractivity contribution in [3.63, 3.8) is 0 Å². The van der Waals surface area contributed by atoms with Gasteiger partial charge >= 0.3 is 0 Å². The highest BCUT2D eigenvalue weighted by molar-refractivity contribution is 7.99. The molecule has 0 aliphatic carbocycles. The fourth-order valence-electron chi connectivity index (χ4n) is 2.70. The molecule has 0 N–H and O–H groups in total. The van der Waals surface area contributed by atoms with Crippen molar-refractivity contribution >= 4 is 17.7 Å². The van der Waals surface area contributed by atoms with Crippen LogP contribution in [0.3, 0.4) is 0 Å². The first-order chi connectivity index (χ1) is 12.2. The summed E-state index contributed by atoms with van der Waals surface area (Å²) in [4.78, 5) is 27.1. The summed E-state index contributed by atoms with van der Waals surface area (Å²) in [5, 5.41) is 0.647. The summed E-state index contributed by atoms with van der Waals surface area (Å²) in [6.45, 7) is 3.83. The minimum absolute atomic E-state index is 0.0694. The molecule has 25 heavy (non-hydrogen) atoms.